The third-order valence-electron chi connectivity index (χ3n) is 5.78. The molecule has 8 heteroatoms. The number of likely N-dealkylation sites (tertiary alicyclic amines) is 1. The zero-order valence-electron chi connectivity index (χ0n) is 18.5. The van der Waals surface area contributed by atoms with Gasteiger partial charge in [0.1, 0.15) is 0 Å². The first kappa shape index (κ1) is 21.5. The van der Waals surface area contributed by atoms with E-state index in [-0.39, 0.29) is 23.3 Å². The lowest BCUT2D eigenvalue weighted by molar-refractivity contribution is -0.134. The number of hydrogen-bond acceptors (Lipinski definition) is 7. The smallest absolute Gasteiger partial charge is 0.230 e. The van der Waals surface area contributed by atoms with E-state index in [1.54, 1.807) is 0 Å². The Bertz CT molecular complexity index is 937. The monoisotopic (exact) mass is 425 g/mol. The van der Waals surface area contributed by atoms with Gasteiger partial charge in [0.2, 0.25) is 17.6 Å². The maximum atomic E-state index is 12.5. The van der Waals surface area contributed by atoms with E-state index < -0.39 is 0 Å². The second-order valence-electron chi connectivity index (χ2n) is 9.67. The molecule has 2 N–H and O–H groups in total. The maximum Gasteiger partial charge on any atom is 0.230 e. The Labute approximate surface area is 182 Å². The summed E-state index contributed by atoms with van der Waals surface area (Å²) in [5.74, 6) is 1.58. The largest absolute Gasteiger partial charge is 0.377 e. The van der Waals surface area contributed by atoms with E-state index in [0.717, 1.165) is 42.7 Å². The summed E-state index contributed by atoms with van der Waals surface area (Å²) in [7, 11) is 0. The van der Waals surface area contributed by atoms with Crippen molar-refractivity contribution in [2.45, 2.75) is 52.0 Å². The lowest BCUT2D eigenvalue weighted by Crippen LogP contribution is -2.40. The molecule has 0 bridgehead atoms. The molecule has 0 atom stereocenters. The summed E-state index contributed by atoms with van der Waals surface area (Å²) >= 11 is 0. The van der Waals surface area contributed by atoms with E-state index in [9.17, 15) is 4.79 Å². The predicted molar refractivity (Wildman–Crippen MR) is 118 cm³/mol. The van der Waals surface area contributed by atoms with Crippen LogP contribution in [0.3, 0.4) is 0 Å². The van der Waals surface area contributed by atoms with E-state index in [0.29, 0.717) is 31.3 Å². The van der Waals surface area contributed by atoms with Gasteiger partial charge >= 0.3 is 0 Å². The van der Waals surface area contributed by atoms with Crippen molar-refractivity contribution in [3.63, 3.8) is 0 Å². The third-order valence-corrected chi connectivity index (χ3v) is 5.78. The second-order valence-corrected chi connectivity index (χ2v) is 9.67. The third kappa shape index (κ3) is 5.12. The number of amides is 1. The SMILES string of the molecule is CC(C)(C)CC(=O)N1CCC(c2nc(-c3ccc(C=N)c(NC4COC4)c3)no2)CC1. The number of ether oxygens (including phenoxy) is 1. The highest BCUT2D eigenvalue weighted by Crippen LogP contribution is 2.31. The molecule has 2 saturated heterocycles. The Hall–Kier alpha value is -2.74. The van der Waals surface area contributed by atoms with Gasteiger partial charge in [0.05, 0.1) is 19.3 Å². The summed E-state index contributed by atoms with van der Waals surface area (Å²) in [6.45, 7) is 9.06. The van der Waals surface area contributed by atoms with Gasteiger partial charge in [-0.2, -0.15) is 4.98 Å². The number of benzene rings is 1. The number of hydrogen-bond donors (Lipinski definition) is 2. The number of rotatable bonds is 6. The van der Waals surface area contributed by atoms with Crippen molar-refractivity contribution < 1.29 is 14.1 Å². The highest BCUT2D eigenvalue weighted by molar-refractivity contribution is 5.87. The fourth-order valence-corrected chi connectivity index (χ4v) is 3.94. The molecule has 2 aromatic rings. The van der Waals surface area contributed by atoms with E-state index in [4.69, 9.17) is 14.7 Å². The number of anilines is 1. The summed E-state index contributed by atoms with van der Waals surface area (Å²) in [6, 6.07) is 6.02. The van der Waals surface area contributed by atoms with Crippen molar-refractivity contribution in [3.8, 4) is 11.4 Å². The van der Waals surface area contributed by atoms with Crippen LogP contribution in [0.15, 0.2) is 22.7 Å². The first-order chi connectivity index (χ1) is 14.8. The zero-order valence-corrected chi connectivity index (χ0v) is 18.5. The van der Waals surface area contributed by atoms with Crippen LogP contribution in [0.4, 0.5) is 5.69 Å². The van der Waals surface area contributed by atoms with Crippen LogP contribution in [-0.4, -0.2) is 59.5 Å². The number of carbonyl (C=O) groups excluding carboxylic acids is 1. The summed E-state index contributed by atoms with van der Waals surface area (Å²) in [5, 5.41) is 15.2. The fraction of sp³-hybridized carbons (Fsp3) is 0.565. The molecule has 0 unspecified atom stereocenters. The molecule has 0 spiro atoms. The minimum atomic E-state index is 0.00195. The molecule has 2 aliphatic rings. The average molecular weight is 426 g/mol. The molecule has 166 valence electrons. The van der Waals surface area contributed by atoms with Crippen LogP contribution in [-0.2, 0) is 9.53 Å². The van der Waals surface area contributed by atoms with Crippen LogP contribution in [0.5, 0.6) is 0 Å². The number of piperidine rings is 1. The topological polar surface area (TPSA) is 104 Å². The Morgan fingerprint density at radius 3 is 2.65 bits per heavy atom. The minimum absolute atomic E-state index is 0.00195. The normalized spacial score (nSPS) is 18.0. The lowest BCUT2D eigenvalue weighted by atomic mass is 9.90. The van der Waals surface area contributed by atoms with Crippen molar-refractivity contribution in [1.29, 1.82) is 5.41 Å². The number of nitrogens with one attached hydrogen (secondary N) is 2. The van der Waals surface area contributed by atoms with Crippen LogP contribution in [0.2, 0.25) is 0 Å². The van der Waals surface area contributed by atoms with Gasteiger partial charge in [0.15, 0.2) is 0 Å². The Morgan fingerprint density at radius 2 is 2.03 bits per heavy atom. The first-order valence-electron chi connectivity index (χ1n) is 10.9. The molecular formula is C23H31N5O3. The van der Waals surface area contributed by atoms with Gasteiger partial charge in [0.25, 0.3) is 0 Å². The highest BCUT2D eigenvalue weighted by Gasteiger charge is 2.29. The van der Waals surface area contributed by atoms with E-state index in [1.807, 2.05) is 23.1 Å². The van der Waals surface area contributed by atoms with E-state index in [1.165, 1.54) is 6.21 Å². The lowest BCUT2D eigenvalue weighted by Gasteiger charge is -2.32. The summed E-state index contributed by atoms with van der Waals surface area (Å²) < 4.78 is 10.8. The molecular weight excluding hydrogens is 394 g/mol. The Morgan fingerprint density at radius 1 is 1.29 bits per heavy atom. The van der Waals surface area contributed by atoms with E-state index in [2.05, 4.69) is 36.2 Å². The van der Waals surface area contributed by atoms with Crippen molar-refractivity contribution in [3.05, 3.63) is 29.7 Å². The quantitative estimate of drug-likeness (QED) is 0.684. The number of aromatic nitrogens is 2. The Balaban J connectivity index is 1.41. The summed E-state index contributed by atoms with van der Waals surface area (Å²) in [5.41, 5.74) is 2.53. The summed E-state index contributed by atoms with van der Waals surface area (Å²) in [6.07, 6.45) is 3.57. The fourth-order valence-electron chi connectivity index (χ4n) is 3.94. The molecule has 0 aliphatic carbocycles. The summed E-state index contributed by atoms with van der Waals surface area (Å²) in [4.78, 5) is 19.1. The molecule has 3 heterocycles. The molecule has 0 radical (unpaired) electrons. The number of nitrogens with zero attached hydrogens (tertiary/aromatic N) is 3. The van der Waals surface area contributed by atoms with Gasteiger partial charge < -0.3 is 24.9 Å². The van der Waals surface area contributed by atoms with Gasteiger partial charge in [-0.15, -0.1) is 0 Å². The molecule has 1 aromatic heterocycles. The van der Waals surface area contributed by atoms with Crippen molar-refractivity contribution in [1.82, 2.24) is 15.0 Å². The van der Waals surface area contributed by atoms with Crippen LogP contribution in [0, 0.1) is 10.8 Å². The molecule has 2 aliphatic heterocycles. The van der Waals surface area contributed by atoms with Crippen LogP contribution >= 0.6 is 0 Å². The molecule has 1 aromatic carbocycles. The Kier molecular flexibility index (Phi) is 6.09. The van der Waals surface area contributed by atoms with Gasteiger partial charge in [-0.05, 0) is 24.3 Å². The van der Waals surface area contributed by atoms with Gasteiger partial charge in [-0.25, -0.2) is 0 Å². The molecule has 4 rings (SSSR count). The van der Waals surface area contributed by atoms with Crippen LogP contribution in [0.1, 0.15) is 57.4 Å². The van der Waals surface area contributed by atoms with Crippen molar-refractivity contribution in [2.24, 2.45) is 5.41 Å². The van der Waals surface area contributed by atoms with Gasteiger partial charge in [-0.3, -0.25) is 4.79 Å². The van der Waals surface area contributed by atoms with Crippen molar-refractivity contribution in [2.75, 3.05) is 31.6 Å². The highest BCUT2D eigenvalue weighted by atomic mass is 16.5. The van der Waals surface area contributed by atoms with Crippen LogP contribution in [0.25, 0.3) is 11.4 Å². The molecule has 8 nitrogen and oxygen atoms in total. The zero-order chi connectivity index (χ0) is 22.0. The van der Waals surface area contributed by atoms with Crippen LogP contribution < -0.4 is 5.32 Å². The molecule has 2 fully saturated rings. The molecule has 31 heavy (non-hydrogen) atoms. The van der Waals surface area contributed by atoms with E-state index >= 15 is 0 Å². The predicted octanol–water partition coefficient (Wildman–Crippen LogP) is 3.69. The van der Waals surface area contributed by atoms with Gasteiger partial charge in [0, 0.05) is 48.5 Å². The minimum Gasteiger partial charge on any atom is -0.377 e. The molecule has 0 saturated carbocycles. The first-order valence-corrected chi connectivity index (χ1v) is 10.9. The maximum absolute atomic E-state index is 12.5. The molecule has 1 amide bonds. The standard InChI is InChI=1S/C23H31N5O3/c1-23(2,3)11-20(29)28-8-6-15(7-9-28)22-26-21(27-31-22)16-4-5-17(12-24)19(10-16)25-18-13-30-14-18/h4-5,10,12,15,18,24-25H,6-9,11,13-14H2,1-3H3. The number of carbonyl (C=O) groups is 1. The average Bonchev–Trinajstić information content (AvgIpc) is 3.19. The van der Waals surface area contributed by atoms with Crippen molar-refractivity contribution >= 4 is 17.8 Å². The second kappa shape index (κ2) is 8.78. The van der Waals surface area contributed by atoms with Gasteiger partial charge in [-0.1, -0.05) is 38.1 Å².